The SMILES string of the molecule is O=CNc1cc2c(cc1F)c(=O)c(C(=O)O)cn2C1CC1. The van der Waals surface area contributed by atoms with Gasteiger partial charge in [-0.05, 0) is 25.0 Å². The van der Waals surface area contributed by atoms with Crippen molar-refractivity contribution in [1.29, 1.82) is 0 Å². The summed E-state index contributed by atoms with van der Waals surface area (Å²) in [6.45, 7) is 0. The number of nitrogens with one attached hydrogen (secondary N) is 1. The first-order valence-corrected chi connectivity index (χ1v) is 6.35. The predicted octanol–water partition coefficient (Wildman–Crippen LogP) is 1.74. The fourth-order valence-corrected chi connectivity index (χ4v) is 2.35. The van der Waals surface area contributed by atoms with Gasteiger partial charge in [-0.3, -0.25) is 9.59 Å². The third-order valence-electron chi connectivity index (χ3n) is 3.51. The van der Waals surface area contributed by atoms with Gasteiger partial charge in [-0.25, -0.2) is 9.18 Å². The summed E-state index contributed by atoms with van der Waals surface area (Å²) in [4.78, 5) is 33.8. The number of fused-ring (bicyclic) bond motifs is 1. The molecule has 21 heavy (non-hydrogen) atoms. The molecule has 1 aromatic heterocycles. The number of amides is 1. The zero-order valence-corrected chi connectivity index (χ0v) is 10.8. The number of aromatic nitrogens is 1. The van der Waals surface area contributed by atoms with Gasteiger partial charge < -0.3 is 15.0 Å². The lowest BCUT2D eigenvalue weighted by Crippen LogP contribution is -2.19. The number of carbonyl (C=O) groups is 2. The summed E-state index contributed by atoms with van der Waals surface area (Å²) in [5, 5.41) is 11.3. The van der Waals surface area contributed by atoms with Crippen molar-refractivity contribution < 1.29 is 19.1 Å². The van der Waals surface area contributed by atoms with Crippen LogP contribution in [0.15, 0.2) is 23.1 Å². The number of carbonyl (C=O) groups excluding carboxylic acids is 1. The van der Waals surface area contributed by atoms with E-state index in [0.29, 0.717) is 11.9 Å². The van der Waals surface area contributed by atoms with Crippen LogP contribution in [0.3, 0.4) is 0 Å². The molecular formula is C14H11FN2O4. The number of hydrogen-bond acceptors (Lipinski definition) is 3. The van der Waals surface area contributed by atoms with Crippen LogP contribution in [0.5, 0.6) is 0 Å². The highest BCUT2D eigenvalue weighted by molar-refractivity contribution is 5.94. The Morgan fingerprint density at radius 1 is 1.43 bits per heavy atom. The Morgan fingerprint density at radius 2 is 2.14 bits per heavy atom. The number of halogens is 1. The molecule has 1 heterocycles. The maximum absolute atomic E-state index is 13.9. The molecule has 0 spiro atoms. The van der Waals surface area contributed by atoms with Crippen LogP contribution < -0.4 is 10.7 Å². The van der Waals surface area contributed by atoms with Crippen LogP contribution >= 0.6 is 0 Å². The van der Waals surface area contributed by atoms with Crippen molar-refractivity contribution in [3.05, 3.63) is 39.9 Å². The van der Waals surface area contributed by atoms with Crippen molar-refractivity contribution in [2.75, 3.05) is 5.32 Å². The van der Waals surface area contributed by atoms with E-state index >= 15 is 0 Å². The van der Waals surface area contributed by atoms with Crippen molar-refractivity contribution >= 4 is 29.0 Å². The first-order valence-electron chi connectivity index (χ1n) is 6.35. The highest BCUT2D eigenvalue weighted by Gasteiger charge is 2.27. The van der Waals surface area contributed by atoms with Crippen molar-refractivity contribution in [1.82, 2.24) is 4.57 Å². The number of rotatable bonds is 4. The fraction of sp³-hybridized carbons (Fsp3) is 0.214. The lowest BCUT2D eigenvalue weighted by Gasteiger charge is -2.13. The molecule has 1 saturated carbocycles. The van der Waals surface area contributed by atoms with Gasteiger partial charge in [0.05, 0.1) is 11.2 Å². The van der Waals surface area contributed by atoms with Gasteiger partial charge in [0.25, 0.3) is 0 Å². The monoisotopic (exact) mass is 290 g/mol. The van der Waals surface area contributed by atoms with Crippen LogP contribution in [0.4, 0.5) is 10.1 Å². The third kappa shape index (κ3) is 2.16. The molecule has 1 aliphatic rings. The van der Waals surface area contributed by atoms with Crippen molar-refractivity contribution in [3.8, 4) is 0 Å². The lowest BCUT2D eigenvalue weighted by molar-refractivity contribution is -0.105. The zero-order chi connectivity index (χ0) is 15.1. The van der Waals surface area contributed by atoms with Crippen molar-refractivity contribution in [2.45, 2.75) is 18.9 Å². The summed E-state index contributed by atoms with van der Waals surface area (Å²) >= 11 is 0. The number of nitrogens with zero attached hydrogens (tertiary/aromatic N) is 1. The minimum atomic E-state index is -1.34. The van der Waals surface area contributed by atoms with Crippen molar-refractivity contribution in [2.24, 2.45) is 0 Å². The Kier molecular flexibility index (Phi) is 2.97. The maximum Gasteiger partial charge on any atom is 0.341 e. The van der Waals surface area contributed by atoms with Gasteiger partial charge >= 0.3 is 5.97 Å². The van der Waals surface area contributed by atoms with Crippen LogP contribution in [-0.2, 0) is 4.79 Å². The van der Waals surface area contributed by atoms with E-state index in [1.165, 1.54) is 12.3 Å². The van der Waals surface area contributed by atoms with Gasteiger partial charge in [-0.1, -0.05) is 0 Å². The summed E-state index contributed by atoms with van der Waals surface area (Å²) < 4.78 is 15.5. The number of carboxylic acids is 1. The molecule has 2 aromatic rings. The number of hydrogen-bond donors (Lipinski definition) is 2. The largest absolute Gasteiger partial charge is 0.477 e. The minimum absolute atomic E-state index is 0.00394. The normalized spacial score (nSPS) is 14.1. The van der Waals surface area contributed by atoms with E-state index in [9.17, 15) is 18.8 Å². The Labute approximate surface area is 117 Å². The van der Waals surface area contributed by atoms with E-state index < -0.39 is 17.2 Å². The number of carboxylic acid groups (broad SMARTS) is 1. The maximum atomic E-state index is 13.9. The van der Waals surface area contributed by atoms with Gasteiger partial charge in [-0.2, -0.15) is 0 Å². The molecule has 3 rings (SSSR count). The Bertz CT molecular complexity index is 824. The molecule has 1 aliphatic carbocycles. The molecule has 6 nitrogen and oxygen atoms in total. The molecule has 1 aromatic carbocycles. The van der Waals surface area contributed by atoms with E-state index in [-0.39, 0.29) is 22.7 Å². The summed E-state index contributed by atoms with van der Waals surface area (Å²) in [6, 6.07) is 2.42. The molecule has 0 unspecified atom stereocenters. The standard InChI is InChI=1S/C14H11FN2O4/c15-10-3-8-12(4-11(10)16-6-18)17(7-1-2-7)5-9(13(8)19)14(20)21/h3-7H,1-2H2,(H,16,18)(H,20,21). The summed E-state index contributed by atoms with van der Waals surface area (Å²) in [7, 11) is 0. The fourth-order valence-electron chi connectivity index (χ4n) is 2.35. The third-order valence-corrected chi connectivity index (χ3v) is 3.51. The van der Waals surface area contributed by atoms with E-state index in [4.69, 9.17) is 5.11 Å². The molecule has 0 aliphatic heterocycles. The van der Waals surface area contributed by atoms with E-state index in [2.05, 4.69) is 5.32 Å². The molecule has 108 valence electrons. The smallest absolute Gasteiger partial charge is 0.341 e. The van der Waals surface area contributed by atoms with E-state index in [0.717, 1.165) is 18.9 Å². The molecular weight excluding hydrogens is 279 g/mol. The van der Waals surface area contributed by atoms with Gasteiger partial charge in [0.1, 0.15) is 11.4 Å². The first kappa shape index (κ1) is 13.3. The summed E-state index contributed by atoms with van der Waals surface area (Å²) in [5.74, 6) is -2.12. The second-order valence-corrected chi connectivity index (χ2v) is 4.93. The van der Waals surface area contributed by atoms with Crippen LogP contribution in [0.25, 0.3) is 10.9 Å². The van der Waals surface area contributed by atoms with E-state index in [1.807, 2.05) is 0 Å². The van der Waals surface area contributed by atoms with Gasteiger partial charge in [0.2, 0.25) is 11.8 Å². The Hall–Kier alpha value is -2.70. The van der Waals surface area contributed by atoms with Gasteiger partial charge in [0.15, 0.2) is 0 Å². The second kappa shape index (κ2) is 4.69. The van der Waals surface area contributed by atoms with Crippen molar-refractivity contribution in [3.63, 3.8) is 0 Å². The average molecular weight is 290 g/mol. The molecule has 0 radical (unpaired) electrons. The number of anilines is 1. The van der Waals surface area contributed by atoms with Crippen LogP contribution in [0.2, 0.25) is 0 Å². The first-order chi connectivity index (χ1) is 10.0. The number of pyridine rings is 1. The molecule has 1 amide bonds. The highest BCUT2D eigenvalue weighted by Crippen LogP contribution is 2.37. The summed E-state index contributed by atoms with van der Waals surface area (Å²) in [5.41, 5.74) is -0.747. The molecule has 1 fully saturated rings. The highest BCUT2D eigenvalue weighted by atomic mass is 19.1. The number of benzene rings is 1. The molecule has 0 bridgehead atoms. The lowest BCUT2D eigenvalue weighted by atomic mass is 10.1. The van der Waals surface area contributed by atoms with Crippen LogP contribution in [0, 0.1) is 5.82 Å². The molecule has 2 N–H and O–H groups in total. The minimum Gasteiger partial charge on any atom is -0.477 e. The van der Waals surface area contributed by atoms with Crippen LogP contribution in [0.1, 0.15) is 29.2 Å². The quantitative estimate of drug-likeness (QED) is 0.839. The molecule has 7 heteroatoms. The van der Waals surface area contributed by atoms with E-state index in [1.54, 1.807) is 4.57 Å². The summed E-state index contributed by atoms with van der Waals surface area (Å²) in [6.07, 6.45) is 3.36. The topological polar surface area (TPSA) is 88.4 Å². The average Bonchev–Trinajstić information content (AvgIpc) is 3.25. The molecule has 0 saturated heterocycles. The number of aromatic carboxylic acids is 1. The zero-order valence-electron chi connectivity index (χ0n) is 10.8. The molecule has 0 atom stereocenters. The van der Waals surface area contributed by atoms with Crippen LogP contribution in [-0.4, -0.2) is 22.1 Å². The Balaban J connectivity index is 2.38. The van der Waals surface area contributed by atoms with Gasteiger partial charge in [0, 0.05) is 17.6 Å². The Morgan fingerprint density at radius 3 is 2.71 bits per heavy atom. The van der Waals surface area contributed by atoms with Gasteiger partial charge in [-0.15, -0.1) is 0 Å². The predicted molar refractivity (Wildman–Crippen MR) is 73.1 cm³/mol. The second-order valence-electron chi connectivity index (χ2n) is 4.93.